The third kappa shape index (κ3) is 6.02. The molecular weight excluding hydrogens is 362 g/mol. The quantitative estimate of drug-likeness (QED) is 0.430. The topological polar surface area (TPSA) is 35.5 Å². The predicted octanol–water partition coefficient (Wildman–Crippen LogP) is 4.70. The van der Waals surface area contributed by atoms with E-state index < -0.39 is 7.60 Å². The van der Waals surface area contributed by atoms with Crippen LogP contribution in [0.15, 0.2) is 40.1 Å². The number of unbranched alkanes of at least 4 members (excludes halogenated alkanes) is 1. The second kappa shape index (κ2) is 10.4. The molecule has 0 aromatic heterocycles. The van der Waals surface area contributed by atoms with Crippen molar-refractivity contribution in [2.24, 2.45) is 0 Å². The van der Waals surface area contributed by atoms with Crippen molar-refractivity contribution < 1.29 is 13.6 Å². The van der Waals surface area contributed by atoms with E-state index in [9.17, 15) is 4.57 Å². The fraction of sp³-hybridized carbons (Fsp3) is 0.529. The summed E-state index contributed by atoms with van der Waals surface area (Å²) in [5, 5.41) is 0. The molecule has 1 aromatic carbocycles. The first kappa shape index (κ1) is 19.7. The molecule has 124 valence electrons. The Labute approximate surface area is 141 Å². The van der Waals surface area contributed by atoms with E-state index in [-0.39, 0.29) is 15.0 Å². The molecule has 3 nitrogen and oxygen atoms in total. The fourth-order valence-corrected chi connectivity index (χ4v) is 7.28. The first-order valence-corrected chi connectivity index (χ1v) is 11.1. The van der Waals surface area contributed by atoms with Gasteiger partial charge in [0.1, 0.15) is 0 Å². The van der Waals surface area contributed by atoms with Crippen LogP contribution in [0.4, 0.5) is 0 Å². The van der Waals surface area contributed by atoms with E-state index in [2.05, 4.69) is 26.0 Å². The van der Waals surface area contributed by atoms with Gasteiger partial charge in [0.15, 0.2) is 0 Å². The SMILES string of the molecule is CCCC/C(C)=C(/[Se]c1ccccc1)P(=O)(OCC)OCC. The van der Waals surface area contributed by atoms with Gasteiger partial charge in [-0.25, -0.2) is 0 Å². The molecule has 0 aliphatic carbocycles. The van der Waals surface area contributed by atoms with E-state index in [1.807, 2.05) is 32.0 Å². The summed E-state index contributed by atoms with van der Waals surface area (Å²) in [6.07, 6.45) is 3.17. The van der Waals surface area contributed by atoms with Crippen molar-refractivity contribution in [1.82, 2.24) is 0 Å². The second-order valence-corrected chi connectivity index (χ2v) is 9.85. The summed E-state index contributed by atoms with van der Waals surface area (Å²) in [5.41, 5.74) is 1.16. The molecule has 0 aliphatic rings. The van der Waals surface area contributed by atoms with Gasteiger partial charge in [0.2, 0.25) is 0 Å². The van der Waals surface area contributed by atoms with Gasteiger partial charge in [-0.05, 0) is 0 Å². The maximum absolute atomic E-state index is 13.2. The minimum atomic E-state index is -3.18. The van der Waals surface area contributed by atoms with Crippen LogP contribution in [-0.2, 0) is 13.6 Å². The van der Waals surface area contributed by atoms with E-state index in [0.29, 0.717) is 13.2 Å². The van der Waals surface area contributed by atoms with E-state index >= 15 is 0 Å². The van der Waals surface area contributed by atoms with Crippen LogP contribution in [-0.4, -0.2) is 28.2 Å². The summed E-state index contributed by atoms with van der Waals surface area (Å²) in [7, 11) is -3.18. The summed E-state index contributed by atoms with van der Waals surface area (Å²) < 4.78 is 26.5. The average molecular weight is 389 g/mol. The molecule has 0 aliphatic heterocycles. The predicted molar refractivity (Wildman–Crippen MR) is 94.9 cm³/mol. The average Bonchev–Trinajstić information content (AvgIpc) is 2.51. The summed E-state index contributed by atoms with van der Waals surface area (Å²) in [4.78, 5) is 0. The number of benzene rings is 1. The van der Waals surface area contributed by atoms with Gasteiger partial charge in [-0.3, -0.25) is 0 Å². The first-order chi connectivity index (χ1) is 10.6. The molecule has 0 atom stereocenters. The van der Waals surface area contributed by atoms with Gasteiger partial charge in [0, 0.05) is 0 Å². The Morgan fingerprint density at radius 2 is 1.68 bits per heavy atom. The van der Waals surface area contributed by atoms with Crippen LogP contribution in [0.5, 0.6) is 0 Å². The third-order valence-electron chi connectivity index (χ3n) is 3.08. The number of hydrogen-bond acceptors (Lipinski definition) is 3. The van der Waals surface area contributed by atoms with Gasteiger partial charge in [-0.15, -0.1) is 0 Å². The Morgan fingerprint density at radius 1 is 1.09 bits per heavy atom. The Hall–Kier alpha value is -0.371. The molecule has 0 radical (unpaired) electrons. The molecule has 0 spiro atoms. The van der Waals surface area contributed by atoms with Gasteiger partial charge in [-0.2, -0.15) is 0 Å². The van der Waals surface area contributed by atoms with Gasteiger partial charge in [0.05, 0.1) is 0 Å². The Bertz CT molecular complexity index is 504. The van der Waals surface area contributed by atoms with Crippen molar-refractivity contribution in [2.75, 3.05) is 13.2 Å². The zero-order valence-corrected chi connectivity index (χ0v) is 16.6. The van der Waals surface area contributed by atoms with Crippen molar-refractivity contribution in [3.63, 3.8) is 0 Å². The summed E-state index contributed by atoms with van der Waals surface area (Å²) in [5.74, 6) is 0. The van der Waals surface area contributed by atoms with Crippen molar-refractivity contribution in [2.45, 2.75) is 47.0 Å². The number of hydrogen-bond donors (Lipinski definition) is 0. The van der Waals surface area contributed by atoms with E-state index in [1.54, 1.807) is 0 Å². The van der Waals surface area contributed by atoms with Crippen LogP contribution in [0.3, 0.4) is 0 Å². The maximum atomic E-state index is 13.2. The standard InChI is InChI=1S/C17H27O3PSe/c1-5-8-12-15(4)17(21(18,19-6-2)20-7-3)22-16-13-10-9-11-14-16/h9-11,13-14H,5-8,12H2,1-4H3/b17-15+. The van der Waals surface area contributed by atoms with E-state index in [1.165, 1.54) is 4.46 Å². The Kier molecular flexibility index (Phi) is 9.31. The van der Waals surface area contributed by atoms with Gasteiger partial charge >= 0.3 is 141 Å². The second-order valence-electron chi connectivity index (χ2n) is 4.94. The summed E-state index contributed by atoms with van der Waals surface area (Å²) in [6, 6.07) is 10.2. The molecule has 22 heavy (non-hydrogen) atoms. The van der Waals surface area contributed by atoms with Crippen LogP contribution in [0.2, 0.25) is 0 Å². The van der Waals surface area contributed by atoms with Gasteiger partial charge in [0.25, 0.3) is 0 Å². The van der Waals surface area contributed by atoms with Crippen LogP contribution in [0, 0.1) is 0 Å². The zero-order chi connectivity index (χ0) is 16.4. The molecule has 0 unspecified atom stereocenters. The molecular formula is C17H27O3PSe. The molecule has 5 heteroatoms. The number of rotatable bonds is 10. The molecule has 0 fully saturated rings. The molecule has 0 heterocycles. The van der Waals surface area contributed by atoms with E-state index in [0.717, 1.165) is 29.0 Å². The molecule has 0 amide bonds. The summed E-state index contributed by atoms with van der Waals surface area (Å²) >= 11 is -0.0427. The minimum absolute atomic E-state index is 0.0427. The fourth-order valence-electron chi connectivity index (χ4n) is 2.02. The molecule has 1 aromatic rings. The van der Waals surface area contributed by atoms with Crippen molar-refractivity contribution in [3.05, 3.63) is 40.1 Å². The molecule has 0 bridgehead atoms. The Morgan fingerprint density at radius 3 is 2.18 bits per heavy atom. The molecule has 0 N–H and O–H groups in total. The van der Waals surface area contributed by atoms with Crippen LogP contribution < -0.4 is 4.46 Å². The van der Waals surface area contributed by atoms with Crippen LogP contribution >= 0.6 is 7.60 Å². The van der Waals surface area contributed by atoms with Crippen LogP contribution in [0.1, 0.15) is 47.0 Å². The van der Waals surface area contributed by atoms with Crippen LogP contribution in [0.25, 0.3) is 0 Å². The summed E-state index contributed by atoms with van der Waals surface area (Å²) in [6.45, 7) is 8.75. The molecule has 0 saturated carbocycles. The molecule has 1 rings (SSSR count). The van der Waals surface area contributed by atoms with Crippen molar-refractivity contribution in [1.29, 1.82) is 0 Å². The monoisotopic (exact) mass is 390 g/mol. The first-order valence-electron chi connectivity index (χ1n) is 7.89. The van der Waals surface area contributed by atoms with Crippen molar-refractivity contribution in [3.8, 4) is 0 Å². The Balaban J connectivity index is 3.16. The van der Waals surface area contributed by atoms with Gasteiger partial charge in [-0.1, -0.05) is 0 Å². The third-order valence-corrected chi connectivity index (χ3v) is 9.23. The van der Waals surface area contributed by atoms with Crippen molar-refractivity contribution >= 4 is 27.0 Å². The normalized spacial score (nSPS) is 13.1. The zero-order valence-electron chi connectivity index (χ0n) is 14.0. The molecule has 0 saturated heterocycles. The number of allylic oxidation sites excluding steroid dienone is 1. The van der Waals surface area contributed by atoms with E-state index in [4.69, 9.17) is 9.05 Å². The van der Waals surface area contributed by atoms with Gasteiger partial charge < -0.3 is 0 Å².